The number of aliphatic carboxylic acids is 1. The zero-order valence-corrected chi connectivity index (χ0v) is 12.6. The number of aliphatic hydroxyl groups excluding tert-OH is 1. The van der Waals surface area contributed by atoms with E-state index in [1.807, 2.05) is 20.8 Å². The molecule has 0 radical (unpaired) electrons. The van der Waals surface area contributed by atoms with E-state index < -0.39 is 11.5 Å². The number of carbonyl (C=O) groups is 2. The maximum Gasteiger partial charge on any atom is 0.323 e. The van der Waals surface area contributed by atoms with Crippen molar-refractivity contribution in [2.24, 2.45) is 0 Å². The van der Waals surface area contributed by atoms with Gasteiger partial charge in [0.15, 0.2) is 0 Å². The number of urea groups is 1. The van der Waals surface area contributed by atoms with Gasteiger partial charge in [0.25, 0.3) is 0 Å². The van der Waals surface area contributed by atoms with Crippen LogP contribution in [0.2, 0.25) is 0 Å². The standard InChI is InChI=1S/C14H26N2O4/c1-14(2,3)16(10-12(18)19)13(20)15-8-4-6-11(15)7-5-9-17/h11,17H,4-10H2,1-3H3,(H,18,19). The first-order valence-corrected chi connectivity index (χ1v) is 7.18. The Kier molecular flexibility index (Phi) is 5.80. The molecule has 1 fully saturated rings. The highest BCUT2D eigenvalue weighted by molar-refractivity contribution is 5.81. The molecule has 1 atom stereocenters. The number of nitrogens with zero attached hydrogens (tertiary/aromatic N) is 2. The van der Waals surface area contributed by atoms with Crippen LogP contribution >= 0.6 is 0 Å². The summed E-state index contributed by atoms with van der Waals surface area (Å²) in [6.07, 6.45) is 3.31. The van der Waals surface area contributed by atoms with Gasteiger partial charge in [0.05, 0.1) is 0 Å². The lowest BCUT2D eigenvalue weighted by atomic mass is 10.1. The SMILES string of the molecule is CC(C)(C)N(CC(=O)O)C(=O)N1CCCC1CCCO. The molecular formula is C14H26N2O4. The van der Waals surface area contributed by atoms with Gasteiger partial charge in [-0.1, -0.05) is 0 Å². The first kappa shape index (κ1) is 16.8. The summed E-state index contributed by atoms with van der Waals surface area (Å²) in [5.74, 6) is -1.00. The van der Waals surface area contributed by atoms with E-state index in [0.29, 0.717) is 13.0 Å². The van der Waals surface area contributed by atoms with Crippen molar-refractivity contribution in [3.05, 3.63) is 0 Å². The lowest BCUT2D eigenvalue weighted by molar-refractivity contribution is -0.138. The third kappa shape index (κ3) is 4.37. The topological polar surface area (TPSA) is 81.1 Å². The van der Waals surface area contributed by atoms with E-state index in [-0.39, 0.29) is 25.2 Å². The summed E-state index contributed by atoms with van der Waals surface area (Å²) in [6.45, 7) is 6.02. The zero-order chi connectivity index (χ0) is 15.3. The molecule has 1 unspecified atom stereocenters. The zero-order valence-electron chi connectivity index (χ0n) is 12.6. The second kappa shape index (κ2) is 6.92. The van der Waals surface area contributed by atoms with Crippen LogP contribution in [0.3, 0.4) is 0 Å². The van der Waals surface area contributed by atoms with E-state index in [0.717, 1.165) is 19.3 Å². The predicted molar refractivity (Wildman–Crippen MR) is 75.5 cm³/mol. The molecule has 1 aliphatic heterocycles. The van der Waals surface area contributed by atoms with Crippen molar-refractivity contribution in [1.82, 2.24) is 9.80 Å². The maximum atomic E-state index is 12.6. The molecule has 6 heteroatoms. The summed E-state index contributed by atoms with van der Waals surface area (Å²) in [7, 11) is 0. The molecule has 0 saturated carbocycles. The van der Waals surface area contributed by atoms with Gasteiger partial charge in [-0.15, -0.1) is 0 Å². The van der Waals surface area contributed by atoms with E-state index in [1.165, 1.54) is 4.90 Å². The fourth-order valence-electron chi connectivity index (χ4n) is 2.60. The molecule has 1 rings (SSSR count). The highest BCUT2D eigenvalue weighted by Crippen LogP contribution is 2.25. The molecule has 6 nitrogen and oxygen atoms in total. The number of hydrogen-bond acceptors (Lipinski definition) is 3. The van der Waals surface area contributed by atoms with Gasteiger partial charge in [-0.25, -0.2) is 4.79 Å². The Bertz CT molecular complexity index is 352. The Morgan fingerprint density at radius 3 is 2.50 bits per heavy atom. The lowest BCUT2D eigenvalue weighted by Crippen LogP contribution is -2.54. The Morgan fingerprint density at radius 2 is 2.00 bits per heavy atom. The Hall–Kier alpha value is -1.30. The van der Waals surface area contributed by atoms with Crippen LogP contribution in [0.15, 0.2) is 0 Å². The molecule has 1 aliphatic rings. The fourth-order valence-corrected chi connectivity index (χ4v) is 2.60. The highest BCUT2D eigenvalue weighted by atomic mass is 16.4. The minimum absolute atomic E-state index is 0.119. The van der Waals surface area contributed by atoms with Crippen molar-refractivity contribution in [3.8, 4) is 0 Å². The van der Waals surface area contributed by atoms with Gasteiger partial charge in [0, 0.05) is 24.7 Å². The summed E-state index contributed by atoms with van der Waals surface area (Å²) < 4.78 is 0. The van der Waals surface area contributed by atoms with E-state index in [2.05, 4.69) is 0 Å². The maximum absolute atomic E-state index is 12.6. The molecular weight excluding hydrogens is 260 g/mol. The van der Waals surface area contributed by atoms with Crippen LogP contribution in [0.1, 0.15) is 46.5 Å². The minimum atomic E-state index is -1.00. The van der Waals surface area contributed by atoms with Crippen molar-refractivity contribution in [2.45, 2.75) is 58.0 Å². The quantitative estimate of drug-likeness (QED) is 0.803. The van der Waals surface area contributed by atoms with Crippen LogP contribution in [-0.4, -0.2) is 63.3 Å². The Balaban J connectivity index is 2.80. The monoisotopic (exact) mass is 286 g/mol. The van der Waals surface area contributed by atoms with Crippen molar-refractivity contribution < 1.29 is 19.8 Å². The summed E-state index contributed by atoms with van der Waals surface area (Å²) >= 11 is 0. The molecule has 0 aliphatic carbocycles. The fraction of sp³-hybridized carbons (Fsp3) is 0.857. The van der Waals surface area contributed by atoms with Gasteiger partial charge in [0.1, 0.15) is 6.54 Å². The van der Waals surface area contributed by atoms with Gasteiger partial charge in [-0.05, 0) is 46.5 Å². The number of rotatable bonds is 5. The van der Waals surface area contributed by atoms with Crippen LogP contribution in [0.5, 0.6) is 0 Å². The summed E-state index contributed by atoms with van der Waals surface area (Å²) in [5.41, 5.74) is -0.528. The predicted octanol–water partition coefficient (Wildman–Crippen LogP) is 1.53. The number of likely N-dealkylation sites (tertiary alicyclic amines) is 1. The van der Waals surface area contributed by atoms with E-state index in [1.54, 1.807) is 4.90 Å². The summed E-state index contributed by atoms with van der Waals surface area (Å²) in [5, 5.41) is 17.9. The molecule has 1 heterocycles. The molecule has 0 aromatic heterocycles. The van der Waals surface area contributed by atoms with Gasteiger partial charge in [-0.2, -0.15) is 0 Å². The summed E-state index contributed by atoms with van der Waals surface area (Å²) in [4.78, 5) is 26.8. The normalized spacial score (nSPS) is 19.2. The average molecular weight is 286 g/mol. The molecule has 2 N–H and O–H groups in total. The lowest BCUT2D eigenvalue weighted by Gasteiger charge is -2.39. The van der Waals surface area contributed by atoms with Crippen molar-refractivity contribution in [3.63, 3.8) is 0 Å². The van der Waals surface area contributed by atoms with Crippen molar-refractivity contribution >= 4 is 12.0 Å². The first-order valence-electron chi connectivity index (χ1n) is 7.18. The highest BCUT2D eigenvalue weighted by Gasteiger charge is 2.36. The van der Waals surface area contributed by atoms with Crippen molar-refractivity contribution in [2.75, 3.05) is 19.7 Å². The number of carbonyl (C=O) groups excluding carboxylic acids is 1. The van der Waals surface area contributed by atoms with E-state index >= 15 is 0 Å². The first-order chi connectivity index (χ1) is 9.27. The number of carboxylic acids is 1. The van der Waals surface area contributed by atoms with E-state index in [9.17, 15) is 9.59 Å². The van der Waals surface area contributed by atoms with Gasteiger partial charge in [0.2, 0.25) is 0 Å². The Labute approximate surface area is 120 Å². The van der Waals surface area contributed by atoms with Gasteiger partial charge < -0.3 is 20.0 Å². The molecule has 2 amide bonds. The second-order valence-electron chi connectivity index (χ2n) is 6.29. The molecule has 116 valence electrons. The number of carboxylic acid groups (broad SMARTS) is 1. The van der Waals surface area contributed by atoms with Crippen LogP contribution in [-0.2, 0) is 4.79 Å². The largest absolute Gasteiger partial charge is 0.480 e. The molecule has 1 saturated heterocycles. The number of aliphatic hydroxyl groups is 1. The van der Waals surface area contributed by atoms with Crippen molar-refractivity contribution in [1.29, 1.82) is 0 Å². The molecule has 0 spiro atoms. The van der Waals surface area contributed by atoms with E-state index in [4.69, 9.17) is 10.2 Å². The number of amides is 2. The van der Waals surface area contributed by atoms with Crippen LogP contribution < -0.4 is 0 Å². The minimum Gasteiger partial charge on any atom is -0.480 e. The third-order valence-electron chi connectivity index (χ3n) is 3.65. The molecule has 20 heavy (non-hydrogen) atoms. The van der Waals surface area contributed by atoms with Gasteiger partial charge in [-0.3, -0.25) is 4.79 Å². The van der Waals surface area contributed by atoms with Crippen LogP contribution in [0.25, 0.3) is 0 Å². The van der Waals surface area contributed by atoms with Crippen LogP contribution in [0.4, 0.5) is 4.79 Å². The summed E-state index contributed by atoms with van der Waals surface area (Å²) in [6, 6.07) is -0.0892. The molecule has 0 bridgehead atoms. The average Bonchev–Trinajstić information content (AvgIpc) is 2.79. The molecule has 0 aromatic carbocycles. The smallest absolute Gasteiger partial charge is 0.323 e. The Morgan fingerprint density at radius 1 is 1.35 bits per heavy atom. The second-order valence-corrected chi connectivity index (χ2v) is 6.29. The van der Waals surface area contributed by atoms with Gasteiger partial charge >= 0.3 is 12.0 Å². The molecule has 0 aromatic rings. The number of hydrogen-bond donors (Lipinski definition) is 2. The third-order valence-corrected chi connectivity index (χ3v) is 3.65. The van der Waals surface area contributed by atoms with Crippen LogP contribution in [0, 0.1) is 0 Å².